The molecule has 3 unspecified atom stereocenters. The van der Waals surface area contributed by atoms with Crippen molar-refractivity contribution in [3.63, 3.8) is 0 Å². The van der Waals surface area contributed by atoms with Gasteiger partial charge >= 0.3 is 12.1 Å². The first-order valence-corrected chi connectivity index (χ1v) is 17.6. The maximum Gasteiger partial charge on any atom is 0.408 e. The summed E-state index contributed by atoms with van der Waals surface area (Å²) in [6, 6.07) is 23.1. The van der Waals surface area contributed by atoms with E-state index in [1.165, 1.54) is 0 Å². The average molecular weight is 684 g/mol. The molecular formula is C41H53N3O6. The quantitative estimate of drug-likeness (QED) is 0.190. The van der Waals surface area contributed by atoms with Crippen molar-refractivity contribution in [2.45, 2.75) is 122 Å². The highest BCUT2D eigenvalue weighted by atomic mass is 16.6. The van der Waals surface area contributed by atoms with Gasteiger partial charge in [0, 0.05) is 18.9 Å². The number of esters is 1. The highest BCUT2D eigenvalue weighted by molar-refractivity contribution is 5.94. The molecule has 268 valence electrons. The van der Waals surface area contributed by atoms with Crippen molar-refractivity contribution in [2.75, 3.05) is 0 Å². The molecule has 0 aliphatic heterocycles. The number of hydrogen-bond acceptors (Lipinski definition) is 6. The van der Waals surface area contributed by atoms with Crippen LogP contribution in [-0.2, 0) is 43.1 Å². The van der Waals surface area contributed by atoms with Crippen LogP contribution in [0.25, 0.3) is 0 Å². The van der Waals surface area contributed by atoms with Gasteiger partial charge in [-0.1, -0.05) is 91.9 Å². The predicted molar refractivity (Wildman–Crippen MR) is 194 cm³/mol. The van der Waals surface area contributed by atoms with E-state index in [1.54, 1.807) is 46.4 Å². The Morgan fingerprint density at radius 2 is 1.22 bits per heavy atom. The minimum Gasteiger partial charge on any atom is -0.458 e. The molecule has 0 bridgehead atoms. The molecule has 0 aromatic heterocycles. The predicted octanol–water partition coefficient (Wildman–Crippen LogP) is 6.88. The third-order valence-corrected chi connectivity index (χ3v) is 8.51. The molecular weight excluding hydrogens is 630 g/mol. The molecule has 0 spiro atoms. The van der Waals surface area contributed by atoms with Crippen molar-refractivity contribution >= 4 is 23.9 Å². The fraction of sp³-hybridized carbons (Fsp3) is 0.463. The number of carbonyl (C=O) groups excluding carboxylic acids is 4. The number of benzene rings is 3. The minimum atomic E-state index is -1.09. The summed E-state index contributed by atoms with van der Waals surface area (Å²) in [6.07, 6.45) is 2.78. The number of ether oxygens (including phenoxy) is 2. The van der Waals surface area contributed by atoms with Crippen molar-refractivity contribution in [3.05, 3.63) is 107 Å². The van der Waals surface area contributed by atoms with E-state index >= 15 is 0 Å². The van der Waals surface area contributed by atoms with Gasteiger partial charge in [-0.3, -0.25) is 9.59 Å². The summed E-state index contributed by atoms with van der Waals surface area (Å²) >= 11 is 0. The first kappa shape index (κ1) is 38.1. The highest BCUT2D eigenvalue weighted by Crippen LogP contribution is 2.34. The summed E-state index contributed by atoms with van der Waals surface area (Å²) in [5, 5.41) is 5.82. The summed E-state index contributed by atoms with van der Waals surface area (Å²) in [5.74, 6) is -1.47. The molecule has 3 atom stereocenters. The van der Waals surface area contributed by atoms with Crippen molar-refractivity contribution in [3.8, 4) is 0 Å². The monoisotopic (exact) mass is 683 g/mol. The Balaban J connectivity index is 1.77. The largest absolute Gasteiger partial charge is 0.458 e. The highest BCUT2D eigenvalue weighted by Gasteiger charge is 2.43. The Kier molecular flexibility index (Phi) is 12.8. The van der Waals surface area contributed by atoms with E-state index in [0.29, 0.717) is 18.4 Å². The van der Waals surface area contributed by atoms with Crippen LogP contribution in [0.15, 0.2) is 84.9 Å². The fourth-order valence-electron chi connectivity index (χ4n) is 5.90. The minimum absolute atomic E-state index is 0.194. The van der Waals surface area contributed by atoms with Gasteiger partial charge in [0.2, 0.25) is 11.8 Å². The van der Waals surface area contributed by atoms with Crippen LogP contribution in [0.1, 0.15) is 96.0 Å². The molecule has 9 nitrogen and oxygen atoms in total. The third kappa shape index (κ3) is 11.2. The van der Waals surface area contributed by atoms with E-state index in [1.807, 2.05) is 84.9 Å². The lowest BCUT2D eigenvalue weighted by Gasteiger charge is -2.44. The fourth-order valence-corrected chi connectivity index (χ4v) is 5.90. The van der Waals surface area contributed by atoms with Gasteiger partial charge in [0.25, 0.3) is 0 Å². The van der Waals surface area contributed by atoms with Crippen molar-refractivity contribution in [1.82, 2.24) is 15.5 Å². The Labute approximate surface area is 297 Å². The molecule has 0 saturated heterocycles. The lowest BCUT2D eigenvalue weighted by atomic mass is 9.87. The molecule has 1 saturated carbocycles. The molecule has 3 amide bonds. The maximum absolute atomic E-state index is 14.9. The van der Waals surface area contributed by atoms with Crippen LogP contribution in [0.5, 0.6) is 0 Å². The second-order valence-electron chi connectivity index (χ2n) is 15.0. The van der Waals surface area contributed by atoms with Crippen LogP contribution in [-0.4, -0.2) is 58.1 Å². The lowest BCUT2D eigenvalue weighted by molar-refractivity contribution is -0.159. The van der Waals surface area contributed by atoms with E-state index in [0.717, 1.165) is 29.5 Å². The summed E-state index contributed by atoms with van der Waals surface area (Å²) in [4.78, 5) is 58.0. The van der Waals surface area contributed by atoms with E-state index in [2.05, 4.69) is 17.6 Å². The molecule has 9 heteroatoms. The number of carbonyl (C=O) groups is 4. The average Bonchev–Trinajstić information content (AvgIpc) is 3.02. The molecule has 1 aliphatic rings. The van der Waals surface area contributed by atoms with Crippen LogP contribution in [0, 0.1) is 0 Å². The Hall–Kier alpha value is -4.66. The lowest BCUT2D eigenvalue weighted by Crippen LogP contribution is -2.59. The van der Waals surface area contributed by atoms with Crippen molar-refractivity contribution in [2.24, 2.45) is 0 Å². The Bertz CT molecular complexity index is 1570. The van der Waals surface area contributed by atoms with Gasteiger partial charge in [-0.25, -0.2) is 9.59 Å². The summed E-state index contributed by atoms with van der Waals surface area (Å²) < 4.78 is 11.3. The van der Waals surface area contributed by atoms with Crippen molar-refractivity contribution in [1.29, 1.82) is 0 Å². The molecule has 0 radical (unpaired) electrons. The van der Waals surface area contributed by atoms with Crippen LogP contribution in [0.4, 0.5) is 4.79 Å². The zero-order chi connectivity index (χ0) is 36.5. The second kappa shape index (κ2) is 16.8. The number of aryl methyl sites for hydroxylation is 1. The third-order valence-electron chi connectivity index (χ3n) is 8.51. The standard InChI is InChI=1S/C41H53N3O6/c1-8-28-22-24-31(25-23-28)35(36(45)42-34(38(47)49-40(2,3)4)27-30-18-13-10-14-19-30)44(32-20-15-21-32)37(46)33(26-29-16-11-9-12-17-29)43-39(48)50-41(5,6)7/h9-14,16-19,22-25,32-35H,8,15,20-21,26-27H2,1-7H3,(H,42,45)(H,43,48). The summed E-state index contributed by atoms with van der Waals surface area (Å²) in [7, 11) is 0. The normalized spacial score (nSPS) is 15.1. The molecule has 0 heterocycles. The first-order valence-electron chi connectivity index (χ1n) is 17.6. The van der Waals surface area contributed by atoms with Crippen LogP contribution >= 0.6 is 0 Å². The molecule has 1 fully saturated rings. The van der Waals surface area contributed by atoms with Crippen LogP contribution in [0.3, 0.4) is 0 Å². The molecule has 2 N–H and O–H groups in total. The van der Waals surface area contributed by atoms with Gasteiger partial charge in [-0.2, -0.15) is 0 Å². The number of alkyl carbamates (subject to hydrolysis) is 1. The molecule has 4 rings (SSSR count). The van der Waals surface area contributed by atoms with Gasteiger partial charge < -0.3 is 25.0 Å². The number of rotatable bonds is 13. The molecule has 3 aromatic carbocycles. The Morgan fingerprint density at radius 1 is 0.700 bits per heavy atom. The van der Waals surface area contributed by atoms with Gasteiger partial charge in [0.1, 0.15) is 29.3 Å². The molecule has 3 aromatic rings. The SMILES string of the molecule is CCc1ccc(C(C(=O)NC(Cc2ccccc2)C(=O)OC(C)(C)C)N(C(=O)C(Cc2ccccc2)NC(=O)OC(C)(C)C)C2CCC2)cc1. The van der Waals surface area contributed by atoms with E-state index in [-0.39, 0.29) is 18.9 Å². The zero-order valence-corrected chi connectivity index (χ0v) is 30.5. The number of amides is 3. The maximum atomic E-state index is 14.9. The van der Waals surface area contributed by atoms with Gasteiger partial charge in [-0.15, -0.1) is 0 Å². The topological polar surface area (TPSA) is 114 Å². The van der Waals surface area contributed by atoms with Gasteiger partial charge in [0.15, 0.2) is 0 Å². The van der Waals surface area contributed by atoms with E-state index in [4.69, 9.17) is 9.47 Å². The van der Waals surface area contributed by atoms with Crippen LogP contribution < -0.4 is 10.6 Å². The zero-order valence-electron chi connectivity index (χ0n) is 30.5. The number of nitrogens with one attached hydrogen (secondary N) is 2. The van der Waals surface area contributed by atoms with Crippen LogP contribution in [0.2, 0.25) is 0 Å². The van der Waals surface area contributed by atoms with E-state index < -0.39 is 53.2 Å². The van der Waals surface area contributed by atoms with Gasteiger partial charge in [0.05, 0.1) is 0 Å². The summed E-state index contributed by atoms with van der Waals surface area (Å²) in [6.45, 7) is 12.7. The number of nitrogens with zero attached hydrogens (tertiary/aromatic N) is 1. The smallest absolute Gasteiger partial charge is 0.408 e. The Morgan fingerprint density at radius 3 is 1.68 bits per heavy atom. The molecule has 50 heavy (non-hydrogen) atoms. The second-order valence-corrected chi connectivity index (χ2v) is 15.0. The molecule has 1 aliphatic carbocycles. The van der Waals surface area contributed by atoms with Gasteiger partial charge in [-0.05, 0) is 89.5 Å². The van der Waals surface area contributed by atoms with E-state index in [9.17, 15) is 19.2 Å². The first-order chi connectivity index (χ1) is 23.6. The summed E-state index contributed by atoms with van der Waals surface area (Å²) in [5.41, 5.74) is 1.83. The number of hydrogen-bond donors (Lipinski definition) is 2. The van der Waals surface area contributed by atoms with Crippen molar-refractivity contribution < 1.29 is 28.7 Å².